The SMILES string of the molecule is Cn1nnc(CC(O)c2cc3cccc(Br)c3o2)n1. The van der Waals surface area contributed by atoms with E-state index in [0.717, 1.165) is 15.4 Å². The van der Waals surface area contributed by atoms with Crippen LogP contribution in [0, 0.1) is 0 Å². The minimum atomic E-state index is -0.788. The van der Waals surface area contributed by atoms with Gasteiger partial charge in [0.25, 0.3) is 0 Å². The van der Waals surface area contributed by atoms with Gasteiger partial charge in [-0.25, -0.2) is 0 Å². The molecular formula is C12H11BrN4O2. The number of nitrogens with zero attached hydrogens (tertiary/aromatic N) is 4. The Labute approximate surface area is 117 Å². The number of halogens is 1. The van der Waals surface area contributed by atoms with Gasteiger partial charge in [-0.3, -0.25) is 0 Å². The Bertz CT molecular complexity index is 721. The predicted molar refractivity (Wildman–Crippen MR) is 71.4 cm³/mol. The van der Waals surface area contributed by atoms with E-state index in [1.807, 2.05) is 24.3 Å². The van der Waals surface area contributed by atoms with Crippen molar-refractivity contribution < 1.29 is 9.52 Å². The molecule has 0 aliphatic heterocycles. The minimum Gasteiger partial charge on any atom is -0.457 e. The third kappa shape index (κ3) is 2.39. The number of hydrogen-bond donors (Lipinski definition) is 1. The van der Waals surface area contributed by atoms with Crippen LogP contribution in [0.5, 0.6) is 0 Å². The fourth-order valence-electron chi connectivity index (χ4n) is 1.89. The minimum absolute atomic E-state index is 0.269. The lowest BCUT2D eigenvalue weighted by atomic mass is 10.2. The number of aliphatic hydroxyl groups is 1. The lowest BCUT2D eigenvalue weighted by Crippen LogP contribution is -2.02. The van der Waals surface area contributed by atoms with Gasteiger partial charge in [0.15, 0.2) is 5.82 Å². The zero-order valence-corrected chi connectivity index (χ0v) is 11.7. The fraction of sp³-hybridized carbons (Fsp3) is 0.250. The maximum atomic E-state index is 10.1. The molecule has 98 valence electrons. The summed E-state index contributed by atoms with van der Waals surface area (Å²) >= 11 is 3.42. The van der Waals surface area contributed by atoms with E-state index in [2.05, 4.69) is 31.3 Å². The molecule has 1 N–H and O–H groups in total. The van der Waals surface area contributed by atoms with E-state index in [0.29, 0.717) is 11.6 Å². The van der Waals surface area contributed by atoms with Gasteiger partial charge in [0.05, 0.1) is 11.5 Å². The van der Waals surface area contributed by atoms with Crippen LogP contribution >= 0.6 is 15.9 Å². The van der Waals surface area contributed by atoms with Gasteiger partial charge in [-0.1, -0.05) is 12.1 Å². The van der Waals surface area contributed by atoms with Crippen LogP contribution in [0.1, 0.15) is 17.7 Å². The highest BCUT2D eigenvalue weighted by Crippen LogP contribution is 2.30. The molecule has 7 heteroatoms. The van der Waals surface area contributed by atoms with Crippen LogP contribution in [0.25, 0.3) is 11.0 Å². The molecule has 1 atom stereocenters. The van der Waals surface area contributed by atoms with E-state index in [9.17, 15) is 5.11 Å². The predicted octanol–water partition coefficient (Wildman–Crippen LogP) is 1.99. The van der Waals surface area contributed by atoms with Crippen molar-refractivity contribution in [2.24, 2.45) is 7.05 Å². The number of rotatable bonds is 3. The van der Waals surface area contributed by atoms with Crippen molar-refractivity contribution in [3.63, 3.8) is 0 Å². The van der Waals surface area contributed by atoms with Crippen molar-refractivity contribution in [2.45, 2.75) is 12.5 Å². The average molecular weight is 323 g/mol. The van der Waals surface area contributed by atoms with E-state index in [4.69, 9.17) is 4.42 Å². The molecule has 0 saturated heterocycles. The Hall–Kier alpha value is -1.73. The Balaban J connectivity index is 1.89. The Morgan fingerprint density at radius 1 is 1.47 bits per heavy atom. The molecule has 3 aromatic rings. The second kappa shape index (κ2) is 4.75. The van der Waals surface area contributed by atoms with Crippen LogP contribution in [0.2, 0.25) is 0 Å². The summed E-state index contributed by atoms with van der Waals surface area (Å²) in [5, 5.41) is 22.7. The second-order valence-electron chi connectivity index (χ2n) is 4.22. The van der Waals surface area contributed by atoms with Crippen LogP contribution in [0.15, 0.2) is 33.2 Å². The van der Waals surface area contributed by atoms with Crippen LogP contribution in [-0.4, -0.2) is 25.3 Å². The maximum absolute atomic E-state index is 10.1. The molecule has 0 saturated carbocycles. The number of aliphatic hydroxyl groups excluding tert-OH is 1. The molecule has 2 heterocycles. The number of para-hydroxylation sites is 1. The summed E-state index contributed by atoms with van der Waals surface area (Å²) in [5.74, 6) is 0.976. The average Bonchev–Trinajstić information content (AvgIpc) is 2.96. The summed E-state index contributed by atoms with van der Waals surface area (Å²) in [7, 11) is 1.68. The summed E-state index contributed by atoms with van der Waals surface area (Å²) in [5.41, 5.74) is 0.726. The van der Waals surface area contributed by atoms with Crippen molar-refractivity contribution in [3.05, 3.63) is 40.3 Å². The molecule has 0 fully saturated rings. The molecule has 0 bridgehead atoms. The van der Waals surface area contributed by atoms with Gasteiger partial charge in [0.1, 0.15) is 17.4 Å². The first-order valence-corrected chi connectivity index (χ1v) is 6.51. The standard InChI is InChI=1S/C12H11BrN4O2/c1-17-15-11(14-16-17)6-9(18)10-5-7-3-2-4-8(13)12(7)19-10/h2-5,9,18H,6H2,1H3. The fourth-order valence-corrected chi connectivity index (χ4v) is 2.35. The molecule has 0 amide bonds. The zero-order chi connectivity index (χ0) is 13.4. The van der Waals surface area contributed by atoms with Crippen LogP contribution < -0.4 is 0 Å². The van der Waals surface area contributed by atoms with Crippen LogP contribution in [0.3, 0.4) is 0 Å². The zero-order valence-electron chi connectivity index (χ0n) is 10.1. The molecular weight excluding hydrogens is 312 g/mol. The summed E-state index contributed by atoms with van der Waals surface area (Å²) in [6.45, 7) is 0. The molecule has 2 aromatic heterocycles. The maximum Gasteiger partial charge on any atom is 0.177 e. The highest BCUT2D eigenvalue weighted by atomic mass is 79.9. The third-order valence-electron chi connectivity index (χ3n) is 2.77. The molecule has 1 unspecified atom stereocenters. The van der Waals surface area contributed by atoms with E-state index >= 15 is 0 Å². The van der Waals surface area contributed by atoms with Gasteiger partial charge in [0, 0.05) is 11.8 Å². The van der Waals surface area contributed by atoms with E-state index in [1.165, 1.54) is 4.80 Å². The molecule has 0 spiro atoms. The molecule has 0 radical (unpaired) electrons. The number of aromatic nitrogens is 4. The molecule has 3 rings (SSSR count). The number of furan rings is 1. The monoisotopic (exact) mass is 322 g/mol. The van der Waals surface area contributed by atoms with Crippen molar-refractivity contribution in [3.8, 4) is 0 Å². The number of aryl methyl sites for hydroxylation is 1. The van der Waals surface area contributed by atoms with Crippen molar-refractivity contribution in [1.82, 2.24) is 20.2 Å². The number of hydrogen-bond acceptors (Lipinski definition) is 5. The van der Waals surface area contributed by atoms with Crippen molar-refractivity contribution >= 4 is 26.9 Å². The van der Waals surface area contributed by atoms with Gasteiger partial charge in [-0.05, 0) is 33.3 Å². The number of fused-ring (bicyclic) bond motifs is 1. The van der Waals surface area contributed by atoms with E-state index in [1.54, 1.807) is 7.05 Å². The Morgan fingerprint density at radius 2 is 2.32 bits per heavy atom. The quantitative estimate of drug-likeness (QED) is 0.798. The van der Waals surface area contributed by atoms with Crippen molar-refractivity contribution in [1.29, 1.82) is 0 Å². The number of benzene rings is 1. The van der Waals surface area contributed by atoms with Gasteiger partial charge >= 0.3 is 0 Å². The van der Waals surface area contributed by atoms with Crippen molar-refractivity contribution in [2.75, 3.05) is 0 Å². The lowest BCUT2D eigenvalue weighted by Gasteiger charge is -2.03. The van der Waals surface area contributed by atoms with E-state index < -0.39 is 6.10 Å². The molecule has 0 aliphatic carbocycles. The molecule has 0 aliphatic rings. The molecule has 1 aromatic carbocycles. The summed E-state index contributed by atoms with van der Waals surface area (Å²) in [6, 6.07) is 7.57. The van der Waals surface area contributed by atoms with Crippen LogP contribution in [-0.2, 0) is 13.5 Å². The Morgan fingerprint density at radius 3 is 3.00 bits per heavy atom. The summed E-state index contributed by atoms with van der Waals surface area (Å²) in [6.07, 6.45) is -0.519. The summed E-state index contributed by atoms with van der Waals surface area (Å²) < 4.78 is 6.52. The first-order valence-electron chi connectivity index (χ1n) is 5.72. The largest absolute Gasteiger partial charge is 0.457 e. The van der Waals surface area contributed by atoms with Gasteiger partial charge < -0.3 is 9.52 Å². The smallest absolute Gasteiger partial charge is 0.177 e. The Kier molecular flexibility index (Phi) is 3.08. The number of tetrazole rings is 1. The summed E-state index contributed by atoms with van der Waals surface area (Å²) in [4.78, 5) is 1.36. The first kappa shape index (κ1) is 12.3. The molecule has 19 heavy (non-hydrogen) atoms. The van der Waals surface area contributed by atoms with Gasteiger partial charge in [0.2, 0.25) is 0 Å². The van der Waals surface area contributed by atoms with Crippen LogP contribution in [0.4, 0.5) is 0 Å². The molecule has 6 nitrogen and oxygen atoms in total. The topological polar surface area (TPSA) is 77.0 Å². The highest BCUT2D eigenvalue weighted by Gasteiger charge is 2.17. The van der Waals surface area contributed by atoms with Gasteiger partial charge in [-0.2, -0.15) is 4.80 Å². The third-order valence-corrected chi connectivity index (χ3v) is 3.39. The van der Waals surface area contributed by atoms with Gasteiger partial charge in [-0.15, -0.1) is 10.2 Å². The highest BCUT2D eigenvalue weighted by molar-refractivity contribution is 9.10. The first-order chi connectivity index (χ1) is 9.13. The lowest BCUT2D eigenvalue weighted by molar-refractivity contribution is 0.150. The van der Waals surface area contributed by atoms with E-state index in [-0.39, 0.29) is 6.42 Å². The second-order valence-corrected chi connectivity index (χ2v) is 5.08. The normalized spacial score (nSPS) is 13.0.